The van der Waals surface area contributed by atoms with Crippen LogP contribution in [0.3, 0.4) is 0 Å². The molecule has 1 heterocycles. The van der Waals surface area contributed by atoms with E-state index in [1.807, 2.05) is 0 Å². The summed E-state index contributed by atoms with van der Waals surface area (Å²) in [7, 11) is 0. The lowest BCUT2D eigenvalue weighted by Gasteiger charge is -2.37. The number of amides is 1. The van der Waals surface area contributed by atoms with E-state index >= 15 is 0 Å². The molecule has 0 bridgehead atoms. The molecule has 132 valence electrons. The fraction of sp³-hybridized carbons (Fsp3) is 0.650. The third-order valence-corrected chi connectivity index (χ3v) is 5.83. The Labute approximate surface area is 145 Å². The van der Waals surface area contributed by atoms with Crippen LogP contribution in [0.5, 0.6) is 0 Å². The number of likely N-dealkylation sites (tertiary alicyclic amines) is 1. The van der Waals surface area contributed by atoms with Gasteiger partial charge in [-0.2, -0.15) is 0 Å². The lowest BCUT2D eigenvalue weighted by molar-refractivity contribution is -0.129. The Morgan fingerprint density at radius 2 is 2.08 bits per heavy atom. The minimum atomic E-state index is -0.576. The molecule has 1 unspecified atom stereocenters. The Morgan fingerprint density at radius 1 is 1.29 bits per heavy atom. The maximum atomic E-state index is 12.2. The highest BCUT2D eigenvalue weighted by Gasteiger charge is 2.40. The Bertz CT molecular complexity index is 595. The van der Waals surface area contributed by atoms with Crippen LogP contribution in [0.15, 0.2) is 18.2 Å². The fourth-order valence-electron chi connectivity index (χ4n) is 3.82. The highest BCUT2D eigenvalue weighted by Crippen LogP contribution is 2.29. The van der Waals surface area contributed by atoms with Gasteiger partial charge in [0.15, 0.2) is 0 Å². The number of carbonyl (C=O) groups is 1. The van der Waals surface area contributed by atoms with Crippen LogP contribution in [0.25, 0.3) is 0 Å². The summed E-state index contributed by atoms with van der Waals surface area (Å²) in [6, 6.07) is 6.75. The van der Waals surface area contributed by atoms with Gasteiger partial charge in [0.2, 0.25) is 5.91 Å². The van der Waals surface area contributed by atoms with Crippen LogP contribution in [0.1, 0.15) is 48.8 Å². The zero-order chi connectivity index (χ0) is 17.2. The summed E-state index contributed by atoms with van der Waals surface area (Å²) in [6.45, 7) is 8.32. The Kier molecular flexibility index (Phi) is 5.26. The van der Waals surface area contributed by atoms with Crippen LogP contribution in [0, 0.1) is 19.8 Å². The Morgan fingerprint density at radius 3 is 2.75 bits per heavy atom. The van der Waals surface area contributed by atoms with Crippen LogP contribution in [-0.2, 0) is 11.3 Å². The molecule has 1 aromatic rings. The van der Waals surface area contributed by atoms with Gasteiger partial charge in [-0.05, 0) is 75.1 Å². The number of rotatable bonds is 5. The van der Waals surface area contributed by atoms with Crippen molar-refractivity contribution in [2.45, 2.75) is 58.0 Å². The van der Waals surface area contributed by atoms with Crippen LogP contribution in [0.4, 0.5) is 0 Å². The van der Waals surface area contributed by atoms with Gasteiger partial charge in [-0.15, -0.1) is 0 Å². The normalized spacial score (nSPS) is 23.5. The van der Waals surface area contributed by atoms with Gasteiger partial charge in [-0.25, -0.2) is 0 Å². The van der Waals surface area contributed by atoms with Crippen molar-refractivity contribution in [1.29, 1.82) is 0 Å². The molecule has 1 saturated heterocycles. The molecule has 1 saturated carbocycles. The molecule has 4 nitrogen and oxygen atoms in total. The van der Waals surface area contributed by atoms with Gasteiger partial charge in [-0.3, -0.25) is 9.69 Å². The minimum Gasteiger partial charge on any atom is -0.354 e. The van der Waals surface area contributed by atoms with Crippen molar-refractivity contribution in [3.8, 4) is 0 Å². The number of hydrogen-bond donors (Lipinski definition) is 2. The van der Waals surface area contributed by atoms with E-state index in [1.165, 1.54) is 29.5 Å². The fourth-order valence-corrected chi connectivity index (χ4v) is 3.82. The van der Waals surface area contributed by atoms with E-state index in [0.717, 1.165) is 45.4 Å². The van der Waals surface area contributed by atoms with Gasteiger partial charge in [0.05, 0.1) is 5.54 Å². The molecule has 1 amide bonds. The number of carbonyl (C=O) groups excluding carboxylic acids is 1. The highest BCUT2D eigenvalue weighted by molar-refractivity contribution is 5.86. The molecule has 4 heteroatoms. The molecule has 0 radical (unpaired) electrons. The molecule has 24 heavy (non-hydrogen) atoms. The van der Waals surface area contributed by atoms with E-state index in [1.54, 1.807) is 0 Å². The number of benzene rings is 1. The first-order valence-corrected chi connectivity index (χ1v) is 9.32. The van der Waals surface area contributed by atoms with Crippen molar-refractivity contribution in [1.82, 2.24) is 10.2 Å². The quantitative estimate of drug-likeness (QED) is 0.873. The Hall–Kier alpha value is -1.39. The SMILES string of the molecule is Cc1ccc(CN2CCCC(CNC(=O)C3(N)CCC3)C2)cc1C. The number of nitrogens with zero attached hydrogens (tertiary/aromatic N) is 1. The maximum Gasteiger partial charge on any atom is 0.240 e. The monoisotopic (exact) mass is 329 g/mol. The van der Waals surface area contributed by atoms with E-state index in [0.29, 0.717) is 5.92 Å². The molecule has 1 aliphatic heterocycles. The maximum absolute atomic E-state index is 12.2. The zero-order valence-electron chi connectivity index (χ0n) is 15.1. The van der Waals surface area contributed by atoms with Crippen molar-refractivity contribution < 1.29 is 4.79 Å². The van der Waals surface area contributed by atoms with Gasteiger partial charge in [0.1, 0.15) is 0 Å². The molecule has 1 aromatic carbocycles. The largest absolute Gasteiger partial charge is 0.354 e. The van der Waals surface area contributed by atoms with Crippen molar-refractivity contribution in [2.75, 3.05) is 19.6 Å². The lowest BCUT2D eigenvalue weighted by Crippen LogP contribution is -2.59. The average molecular weight is 329 g/mol. The topological polar surface area (TPSA) is 58.4 Å². The van der Waals surface area contributed by atoms with E-state index in [4.69, 9.17) is 5.73 Å². The van der Waals surface area contributed by atoms with Gasteiger partial charge in [0.25, 0.3) is 0 Å². The van der Waals surface area contributed by atoms with Crippen LogP contribution in [0.2, 0.25) is 0 Å². The molecule has 1 atom stereocenters. The zero-order valence-corrected chi connectivity index (χ0v) is 15.1. The summed E-state index contributed by atoms with van der Waals surface area (Å²) in [6.07, 6.45) is 5.16. The van der Waals surface area contributed by atoms with Crippen LogP contribution >= 0.6 is 0 Å². The summed E-state index contributed by atoms with van der Waals surface area (Å²) < 4.78 is 0. The van der Waals surface area contributed by atoms with E-state index in [-0.39, 0.29) is 5.91 Å². The second-order valence-corrected chi connectivity index (χ2v) is 7.88. The molecule has 0 spiro atoms. The first-order valence-electron chi connectivity index (χ1n) is 9.32. The molecule has 3 N–H and O–H groups in total. The van der Waals surface area contributed by atoms with E-state index in [9.17, 15) is 4.79 Å². The predicted molar refractivity (Wildman–Crippen MR) is 97.7 cm³/mol. The number of piperidine rings is 1. The second-order valence-electron chi connectivity index (χ2n) is 7.88. The summed E-state index contributed by atoms with van der Waals surface area (Å²) in [5.74, 6) is 0.595. The molecule has 2 aliphatic rings. The third kappa shape index (κ3) is 3.98. The first-order chi connectivity index (χ1) is 11.5. The molecule has 2 fully saturated rings. The molecule has 1 aliphatic carbocycles. The van der Waals surface area contributed by atoms with Crippen molar-refractivity contribution in [3.63, 3.8) is 0 Å². The van der Waals surface area contributed by atoms with Gasteiger partial charge >= 0.3 is 0 Å². The van der Waals surface area contributed by atoms with E-state index < -0.39 is 5.54 Å². The molecule has 3 rings (SSSR count). The van der Waals surface area contributed by atoms with Crippen LogP contribution < -0.4 is 11.1 Å². The van der Waals surface area contributed by atoms with Crippen molar-refractivity contribution >= 4 is 5.91 Å². The standard InChI is InChI=1S/C20H31N3O/c1-15-6-7-17(11-16(15)2)13-23-10-3-5-18(14-23)12-22-19(24)20(21)8-4-9-20/h6-7,11,18H,3-5,8-10,12-14,21H2,1-2H3,(H,22,24). The predicted octanol–water partition coefficient (Wildman–Crippen LogP) is 2.51. The average Bonchev–Trinajstić information content (AvgIpc) is 2.54. The summed E-state index contributed by atoms with van der Waals surface area (Å²) >= 11 is 0. The lowest BCUT2D eigenvalue weighted by atomic mass is 9.77. The molecular weight excluding hydrogens is 298 g/mol. The molecular formula is C20H31N3O. The Balaban J connectivity index is 1.48. The number of hydrogen-bond acceptors (Lipinski definition) is 3. The number of nitrogens with one attached hydrogen (secondary N) is 1. The van der Waals surface area contributed by atoms with E-state index in [2.05, 4.69) is 42.3 Å². The van der Waals surface area contributed by atoms with Gasteiger partial charge in [-0.1, -0.05) is 18.2 Å². The molecule has 0 aromatic heterocycles. The summed E-state index contributed by atoms with van der Waals surface area (Å²) in [5, 5.41) is 3.11. The number of nitrogens with two attached hydrogens (primary N) is 1. The highest BCUT2D eigenvalue weighted by atomic mass is 16.2. The second kappa shape index (κ2) is 7.24. The summed E-state index contributed by atoms with van der Waals surface area (Å²) in [5.41, 5.74) is 9.62. The minimum absolute atomic E-state index is 0.0556. The smallest absolute Gasteiger partial charge is 0.240 e. The van der Waals surface area contributed by atoms with Crippen molar-refractivity contribution in [3.05, 3.63) is 34.9 Å². The van der Waals surface area contributed by atoms with Crippen molar-refractivity contribution in [2.24, 2.45) is 11.7 Å². The third-order valence-electron chi connectivity index (χ3n) is 5.83. The number of aryl methyl sites for hydroxylation is 2. The van der Waals surface area contributed by atoms with Crippen LogP contribution in [-0.4, -0.2) is 36.0 Å². The summed E-state index contributed by atoms with van der Waals surface area (Å²) in [4.78, 5) is 14.7. The van der Waals surface area contributed by atoms with Gasteiger partial charge < -0.3 is 11.1 Å². The first kappa shape index (κ1) is 17.4. The van der Waals surface area contributed by atoms with Gasteiger partial charge in [0, 0.05) is 19.6 Å².